The Morgan fingerprint density at radius 1 is 1.00 bits per heavy atom. The number of hydrogen-bond donors (Lipinski definition) is 5. The van der Waals surface area contributed by atoms with Crippen LogP contribution in [-0.4, -0.2) is 39.4 Å². The average Bonchev–Trinajstić information content (AvgIpc) is 2.68. The van der Waals surface area contributed by atoms with Crippen LogP contribution in [0.25, 0.3) is 0 Å². The van der Waals surface area contributed by atoms with Crippen LogP contribution in [0.3, 0.4) is 0 Å². The third-order valence-corrected chi connectivity index (χ3v) is 6.64. The van der Waals surface area contributed by atoms with Gasteiger partial charge >= 0.3 is 0 Å². The summed E-state index contributed by atoms with van der Waals surface area (Å²) in [4.78, 5) is 0. The summed E-state index contributed by atoms with van der Waals surface area (Å²) in [6.07, 6.45) is 8.84. The Morgan fingerprint density at radius 2 is 1.66 bits per heavy atom. The van der Waals surface area contributed by atoms with E-state index < -0.39 is 23.5 Å². The number of nitrogens with one attached hydrogen (secondary N) is 1. The van der Waals surface area contributed by atoms with Crippen LogP contribution < -0.4 is 11.1 Å². The SMILES string of the molecule is CCCCCCCCC(C)(Cc1ccccc1)C(N)(O)NC1CCC(O)C(O)C1. The smallest absolute Gasteiger partial charge is 0.175 e. The third-order valence-electron chi connectivity index (χ3n) is 6.64. The molecule has 0 heterocycles. The van der Waals surface area contributed by atoms with Gasteiger partial charge in [0.15, 0.2) is 5.85 Å². The van der Waals surface area contributed by atoms with E-state index in [1.165, 1.54) is 25.7 Å². The van der Waals surface area contributed by atoms with E-state index in [2.05, 4.69) is 31.3 Å². The van der Waals surface area contributed by atoms with Gasteiger partial charge in [-0.2, -0.15) is 0 Å². The Morgan fingerprint density at radius 3 is 2.31 bits per heavy atom. The average molecular weight is 407 g/mol. The van der Waals surface area contributed by atoms with Gasteiger partial charge in [-0.3, -0.25) is 11.1 Å². The molecular weight excluding hydrogens is 364 g/mol. The van der Waals surface area contributed by atoms with Crippen molar-refractivity contribution in [3.05, 3.63) is 35.9 Å². The Hall–Kier alpha value is -0.980. The lowest BCUT2D eigenvalue weighted by atomic mass is 9.73. The van der Waals surface area contributed by atoms with E-state index in [-0.39, 0.29) is 6.04 Å². The van der Waals surface area contributed by atoms with E-state index >= 15 is 0 Å². The van der Waals surface area contributed by atoms with Crippen molar-refractivity contribution in [3.8, 4) is 0 Å². The highest BCUT2D eigenvalue weighted by molar-refractivity contribution is 5.17. The summed E-state index contributed by atoms with van der Waals surface area (Å²) in [5.74, 6) is -1.56. The maximum absolute atomic E-state index is 11.4. The molecule has 0 aromatic heterocycles. The molecule has 6 N–H and O–H groups in total. The van der Waals surface area contributed by atoms with Crippen LogP contribution in [0.2, 0.25) is 0 Å². The van der Waals surface area contributed by atoms with E-state index in [1.54, 1.807) is 0 Å². The van der Waals surface area contributed by atoms with Crippen LogP contribution in [0.5, 0.6) is 0 Å². The lowest BCUT2D eigenvalue weighted by Crippen LogP contribution is -2.68. The van der Waals surface area contributed by atoms with Gasteiger partial charge < -0.3 is 15.3 Å². The lowest BCUT2D eigenvalue weighted by Gasteiger charge is -2.46. The maximum atomic E-state index is 11.4. The molecule has 2 rings (SSSR count). The number of hydrogen-bond acceptors (Lipinski definition) is 5. The van der Waals surface area contributed by atoms with Crippen molar-refractivity contribution in [1.82, 2.24) is 5.32 Å². The molecule has 1 aliphatic carbocycles. The monoisotopic (exact) mass is 406 g/mol. The van der Waals surface area contributed by atoms with Crippen LogP contribution in [0.4, 0.5) is 0 Å². The number of nitrogens with two attached hydrogens (primary N) is 1. The molecule has 0 bridgehead atoms. The van der Waals surface area contributed by atoms with Gasteiger partial charge in [-0.25, -0.2) is 0 Å². The Kier molecular flexibility index (Phi) is 9.57. The minimum atomic E-state index is -1.56. The highest BCUT2D eigenvalue weighted by atomic mass is 16.3. The van der Waals surface area contributed by atoms with Gasteiger partial charge in [-0.1, -0.05) is 82.7 Å². The highest BCUT2D eigenvalue weighted by Gasteiger charge is 2.45. The summed E-state index contributed by atoms with van der Waals surface area (Å²) in [6, 6.07) is 10.1. The molecule has 29 heavy (non-hydrogen) atoms. The van der Waals surface area contributed by atoms with Crippen LogP contribution in [0, 0.1) is 5.41 Å². The van der Waals surface area contributed by atoms with E-state index in [0.29, 0.717) is 25.7 Å². The van der Waals surface area contributed by atoms with Crippen molar-refractivity contribution in [2.45, 2.75) is 109 Å². The minimum absolute atomic E-state index is 0.108. The van der Waals surface area contributed by atoms with Crippen molar-refractivity contribution in [2.75, 3.05) is 0 Å². The molecule has 0 aliphatic heterocycles. The molecule has 5 heteroatoms. The zero-order chi connectivity index (χ0) is 21.3. The second-order valence-electron chi connectivity index (χ2n) is 9.30. The summed E-state index contributed by atoms with van der Waals surface area (Å²) >= 11 is 0. The quantitative estimate of drug-likeness (QED) is 0.270. The van der Waals surface area contributed by atoms with E-state index in [4.69, 9.17) is 5.73 Å². The first kappa shape index (κ1) is 24.3. The molecule has 5 unspecified atom stereocenters. The number of rotatable bonds is 12. The zero-order valence-corrected chi connectivity index (χ0v) is 18.3. The summed E-state index contributed by atoms with van der Waals surface area (Å²) in [5, 5.41) is 34.4. The molecule has 0 amide bonds. The molecule has 1 fully saturated rings. The molecule has 1 aliphatic rings. The third kappa shape index (κ3) is 7.34. The van der Waals surface area contributed by atoms with E-state index in [9.17, 15) is 15.3 Å². The number of aliphatic hydroxyl groups is 3. The Bertz CT molecular complexity index is 581. The molecule has 0 spiro atoms. The molecule has 1 saturated carbocycles. The van der Waals surface area contributed by atoms with Crippen molar-refractivity contribution in [3.63, 3.8) is 0 Å². The molecule has 0 radical (unpaired) electrons. The van der Waals surface area contributed by atoms with Gasteiger partial charge in [0.1, 0.15) is 0 Å². The molecule has 166 valence electrons. The second-order valence-corrected chi connectivity index (χ2v) is 9.30. The summed E-state index contributed by atoms with van der Waals surface area (Å²) in [5.41, 5.74) is 7.13. The fourth-order valence-corrected chi connectivity index (χ4v) is 4.50. The minimum Gasteiger partial charge on any atom is -0.390 e. The number of unbranched alkanes of at least 4 members (excludes halogenated alkanes) is 5. The first-order chi connectivity index (χ1) is 13.8. The normalized spacial score (nSPS) is 26.6. The van der Waals surface area contributed by atoms with Crippen LogP contribution in [-0.2, 0) is 6.42 Å². The maximum Gasteiger partial charge on any atom is 0.175 e. The summed E-state index contributed by atoms with van der Waals surface area (Å²) in [6.45, 7) is 4.28. The fraction of sp³-hybridized carbons (Fsp3) is 0.750. The number of aliphatic hydroxyl groups excluding tert-OH is 2. The van der Waals surface area contributed by atoms with Crippen LogP contribution in [0.1, 0.15) is 83.6 Å². The molecule has 5 atom stereocenters. The molecule has 1 aromatic rings. The molecular formula is C24H42N2O3. The zero-order valence-electron chi connectivity index (χ0n) is 18.3. The van der Waals surface area contributed by atoms with Crippen molar-refractivity contribution < 1.29 is 15.3 Å². The predicted octanol–water partition coefficient (Wildman–Crippen LogP) is 3.45. The van der Waals surface area contributed by atoms with Gasteiger partial charge in [0, 0.05) is 11.5 Å². The Labute approximate surface area is 176 Å². The van der Waals surface area contributed by atoms with Crippen LogP contribution >= 0.6 is 0 Å². The van der Waals surface area contributed by atoms with Crippen molar-refractivity contribution >= 4 is 0 Å². The summed E-state index contributed by atoms with van der Waals surface area (Å²) in [7, 11) is 0. The van der Waals surface area contributed by atoms with Gasteiger partial charge in [0.2, 0.25) is 0 Å². The molecule has 1 aromatic carbocycles. The Balaban J connectivity index is 2.05. The van der Waals surface area contributed by atoms with Gasteiger partial charge in [-0.05, 0) is 37.7 Å². The van der Waals surface area contributed by atoms with Gasteiger partial charge in [0.25, 0.3) is 0 Å². The summed E-state index contributed by atoms with van der Waals surface area (Å²) < 4.78 is 0. The predicted molar refractivity (Wildman–Crippen MR) is 118 cm³/mol. The van der Waals surface area contributed by atoms with Gasteiger partial charge in [0.05, 0.1) is 12.2 Å². The standard InChI is InChI=1S/C24H42N2O3/c1-3-4-5-6-7-11-16-23(2,18-19-12-9-8-10-13-19)24(25,29)26-20-14-15-21(27)22(28)17-20/h8-10,12-13,20-22,26-29H,3-7,11,14-18,25H2,1-2H3. The topological polar surface area (TPSA) is 98.7 Å². The fourth-order valence-electron chi connectivity index (χ4n) is 4.50. The van der Waals surface area contributed by atoms with Gasteiger partial charge in [-0.15, -0.1) is 0 Å². The van der Waals surface area contributed by atoms with Crippen LogP contribution in [0.15, 0.2) is 30.3 Å². The molecule has 0 saturated heterocycles. The van der Waals surface area contributed by atoms with Crippen molar-refractivity contribution in [1.29, 1.82) is 0 Å². The van der Waals surface area contributed by atoms with Crippen molar-refractivity contribution in [2.24, 2.45) is 11.1 Å². The number of benzene rings is 1. The largest absolute Gasteiger partial charge is 0.390 e. The van der Waals surface area contributed by atoms with E-state index in [1.807, 2.05) is 18.2 Å². The second kappa shape index (κ2) is 11.4. The highest BCUT2D eigenvalue weighted by Crippen LogP contribution is 2.37. The first-order valence-electron chi connectivity index (χ1n) is 11.5. The first-order valence-corrected chi connectivity index (χ1v) is 11.5. The molecule has 5 nitrogen and oxygen atoms in total. The van der Waals surface area contributed by atoms with E-state index in [0.717, 1.165) is 24.8 Å². The lowest BCUT2D eigenvalue weighted by molar-refractivity contribution is -0.121.